The third kappa shape index (κ3) is 2.39. The summed E-state index contributed by atoms with van der Waals surface area (Å²) in [5.41, 5.74) is 1.73. The molecule has 0 bridgehead atoms. The number of anilines is 2. The summed E-state index contributed by atoms with van der Waals surface area (Å²) in [5.74, 6) is -1.30. The Labute approximate surface area is 147 Å². The van der Waals surface area contributed by atoms with Crippen molar-refractivity contribution in [2.45, 2.75) is 19.0 Å². The lowest BCUT2D eigenvalue weighted by Gasteiger charge is -2.20. The minimum atomic E-state index is -0.919. The molecule has 4 rings (SSSR count). The number of amides is 2. The average molecular weight is 359 g/mol. The highest BCUT2D eigenvalue weighted by Gasteiger charge is 2.55. The van der Waals surface area contributed by atoms with Crippen LogP contribution < -0.4 is 9.91 Å². The summed E-state index contributed by atoms with van der Waals surface area (Å²) in [4.78, 5) is 26.6. The third-order valence-corrected chi connectivity index (χ3v) is 4.69. The largest absolute Gasteiger partial charge is 0.271 e. The molecule has 2 aromatic rings. The molecule has 1 fully saturated rings. The molecule has 0 aliphatic carbocycles. The van der Waals surface area contributed by atoms with Crippen molar-refractivity contribution in [2.24, 2.45) is 10.3 Å². The standard InChI is InChI=1S/C17H12ClFN4O2/c1-9-2-5-12(8-13(9)18)22-16(24)14-15(17(22)25)23(21-20-14)11-6-3-10(19)4-7-11/h2-8,14-15H,1H3/t14-,15+/m0/s1. The van der Waals surface area contributed by atoms with Crippen molar-refractivity contribution in [1.29, 1.82) is 0 Å². The van der Waals surface area contributed by atoms with Gasteiger partial charge in [-0.3, -0.25) is 9.59 Å². The number of carbonyl (C=O) groups is 2. The van der Waals surface area contributed by atoms with Crippen LogP contribution in [0.25, 0.3) is 0 Å². The Bertz CT molecular complexity index is 915. The van der Waals surface area contributed by atoms with Gasteiger partial charge in [0.05, 0.1) is 11.4 Å². The van der Waals surface area contributed by atoms with E-state index in [0.717, 1.165) is 10.5 Å². The molecule has 126 valence electrons. The molecule has 6 nitrogen and oxygen atoms in total. The van der Waals surface area contributed by atoms with Crippen LogP contribution in [0, 0.1) is 12.7 Å². The van der Waals surface area contributed by atoms with E-state index in [4.69, 9.17) is 11.6 Å². The first-order valence-electron chi connectivity index (χ1n) is 7.57. The summed E-state index contributed by atoms with van der Waals surface area (Å²) in [6.45, 7) is 1.83. The van der Waals surface area contributed by atoms with Gasteiger partial charge in [0.15, 0.2) is 12.1 Å². The van der Waals surface area contributed by atoms with Crippen molar-refractivity contribution >= 4 is 34.8 Å². The van der Waals surface area contributed by atoms with E-state index in [9.17, 15) is 14.0 Å². The molecule has 2 aliphatic heterocycles. The first-order valence-corrected chi connectivity index (χ1v) is 7.95. The molecule has 0 spiro atoms. The van der Waals surface area contributed by atoms with E-state index < -0.39 is 29.7 Å². The topological polar surface area (TPSA) is 65.3 Å². The maximum atomic E-state index is 13.1. The van der Waals surface area contributed by atoms with Gasteiger partial charge in [-0.2, -0.15) is 5.11 Å². The summed E-state index contributed by atoms with van der Waals surface area (Å²) in [6, 6.07) is 8.68. The van der Waals surface area contributed by atoms with E-state index in [0.29, 0.717) is 16.4 Å². The van der Waals surface area contributed by atoms with Crippen LogP contribution in [0.1, 0.15) is 5.56 Å². The van der Waals surface area contributed by atoms with Crippen molar-refractivity contribution in [3.63, 3.8) is 0 Å². The number of halogens is 2. The number of imide groups is 1. The summed E-state index contributed by atoms with van der Waals surface area (Å²) in [7, 11) is 0. The maximum absolute atomic E-state index is 13.1. The lowest BCUT2D eigenvalue weighted by molar-refractivity contribution is -0.121. The van der Waals surface area contributed by atoms with Crippen molar-refractivity contribution in [2.75, 3.05) is 9.91 Å². The molecule has 0 saturated carbocycles. The molecule has 0 N–H and O–H groups in total. The molecule has 2 aliphatic rings. The second-order valence-corrected chi connectivity index (χ2v) is 6.27. The van der Waals surface area contributed by atoms with Crippen LogP contribution in [0.2, 0.25) is 5.02 Å². The van der Waals surface area contributed by atoms with E-state index >= 15 is 0 Å². The lowest BCUT2D eigenvalue weighted by Crippen LogP contribution is -2.39. The quantitative estimate of drug-likeness (QED) is 0.774. The fourth-order valence-corrected chi connectivity index (χ4v) is 3.12. The molecule has 2 aromatic carbocycles. The van der Waals surface area contributed by atoms with Gasteiger partial charge >= 0.3 is 0 Å². The minimum Gasteiger partial charge on any atom is -0.271 e. The Morgan fingerprint density at radius 2 is 1.72 bits per heavy atom. The predicted molar refractivity (Wildman–Crippen MR) is 90.0 cm³/mol. The van der Waals surface area contributed by atoms with Crippen molar-refractivity contribution in [1.82, 2.24) is 0 Å². The van der Waals surface area contributed by atoms with Crippen molar-refractivity contribution < 1.29 is 14.0 Å². The molecule has 0 unspecified atom stereocenters. The van der Waals surface area contributed by atoms with Crippen LogP contribution in [0.4, 0.5) is 15.8 Å². The number of carbonyl (C=O) groups excluding carboxylic acids is 2. The number of hydrogen-bond acceptors (Lipinski definition) is 5. The van der Waals surface area contributed by atoms with Crippen LogP contribution in [0.5, 0.6) is 0 Å². The van der Waals surface area contributed by atoms with E-state index in [-0.39, 0.29) is 0 Å². The van der Waals surface area contributed by atoms with Crippen LogP contribution in [-0.2, 0) is 9.59 Å². The molecule has 0 aromatic heterocycles. The fourth-order valence-electron chi connectivity index (χ4n) is 2.94. The van der Waals surface area contributed by atoms with Gasteiger partial charge in [0, 0.05) is 5.02 Å². The average Bonchev–Trinajstić information content (AvgIpc) is 3.12. The second-order valence-electron chi connectivity index (χ2n) is 5.86. The molecule has 2 atom stereocenters. The zero-order valence-corrected chi connectivity index (χ0v) is 13.8. The number of nitrogens with zero attached hydrogens (tertiary/aromatic N) is 4. The van der Waals surface area contributed by atoms with Crippen LogP contribution in [0.15, 0.2) is 52.8 Å². The third-order valence-electron chi connectivity index (χ3n) is 4.29. The van der Waals surface area contributed by atoms with Gasteiger partial charge in [-0.1, -0.05) is 22.9 Å². The molecular formula is C17H12ClFN4O2. The monoisotopic (exact) mass is 358 g/mol. The van der Waals surface area contributed by atoms with Gasteiger partial charge in [0.25, 0.3) is 11.8 Å². The molecule has 2 heterocycles. The minimum absolute atomic E-state index is 0.397. The highest BCUT2D eigenvalue weighted by molar-refractivity contribution is 6.32. The summed E-state index contributed by atoms with van der Waals surface area (Å²) >= 11 is 6.11. The first kappa shape index (κ1) is 15.7. The molecule has 25 heavy (non-hydrogen) atoms. The van der Waals surface area contributed by atoms with E-state index in [1.54, 1.807) is 18.2 Å². The zero-order chi connectivity index (χ0) is 17.7. The van der Waals surface area contributed by atoms with Crippen LogP contribution in [0.3, 0.4) is 0 Å². The van der Waals surface area contributed by atoms with Crippen molar-refractivity contribution in [3.8, 4) is 0 Å². The molecule has 2 amide bonds. The van der Waals surface area contributed by atoms with Gasteiger partial charge in [-0.25, -0.2) is 14.3 Å². The summed E-state index contributed by atoms with van der Waals surface area (Å²) < 4.78 is 13.1. The molecular weight excluding hydrogens is 347 g/mol. The number of fused-ring (bicyclic) bond motifs is 1. The Morgan fingerprint density at radius 3 is 2.40 bits per heavy atom. The Hall–Kier alpha value is -2.80. The Morgan fingerprint density at radius 1 is 1.04 bits per heavy atom. The normalized spacial score (nSPS) is 22.0. The van der Waals surface area contributed by atoms with E-state index in [2.05, 4.69) is 10.3 Å². The summed E-state index contributed by atoms with van der Waals surface area (Å²) in [5, 5.41) is 9.67. The molecule has 1 saturated heterocycles. The molecule has 0 radical (unpaired) electrons. The SMILES string of the molecule is Cc1ccc(N2C(=O)[C@H]3N=NN(c4ccc(F)cc4)[C@H]3C2=O)cc1Cl. The molecule has 8 heteroatoms. The Balaban J connectivity index is 1.70. The fraction of sp³-hybridized carbons (Fsp3) is 0.176. The number of hydrogen-bond donors (Lipinski definition) is 0. The smallest absolute Gasteiger partial charge is 0.263 e. The second kappa shape index (κ2) is 5.63. The van der Waals surface area contributed by atoms with Gasteiger partial charge in [0.2, 0.25) is 0 Å². The predicted octanol–water partition coefficient (Wildman–Crippen LogP) is 3.29. The highest BCUT2D eigenvalue weighted by Crippen LogP contribution is 2.35. The number of benzene rings is 2. The Kier molecular flexibility index (Phi) is 3.54. The van der Waals surface area contributed by atoms with Crippen LogP contribution in [-0.4, -0.2) is 23.9 Å². The summed E-state index contributed by atoms with van der Waals surface area (Å²) in [6.07, 6.45) is 0. The lowest BCUT2D eigenvalue weighted by atomic mass is 10.1. The van der Waals surface area contributed by atoms with Crippen LogP contribution >= 0.6 is 11.6 Å². The maximum Gasteiger partial charge on any atom is 0.263 e. The number of aryl methyl sites for hydroxylation is 1. The van der Waals surface area contributed by atoms with Gasteiger partial charge < -0.3 is 0 Å². The number of rotatable bonds is 2. The van der Waals surface area contributed by atoms with Gasteiger partial charge in [-0.15, -0.1) is 0 Å². The zero-order valence-electron chi connectivity index (χ0n) is 13.1. The van der Waals surface area contributed by atoms with Gasteiger partial charge in [0.1, 0.15) is 5.82 Å². The highest BCUT2D eigenvalue weighted by atomic mass is 35.5. The van der Waals surface area contributed by atoms with Crippen molar-refractivity contribution in [3.05, 3.63) is 58.9 Å². The van der Waals surface area contributed by atoms with Gasteiger partial charge in [-0.05, 0) is 48.9 Å². The van der Waals surface area contributed by atoms with E-state index in [1.165, 1.54) is 29.3 Å². The first-order chi connectivity index (χ1) is 12.0. The van der Waals surface area contributed by atoms with E-state index in [1.807, 2.05) is 6.92 Å².